The molecular weight excluding hydrogens is 290 g/mol. The zero-order valence-electron chi connectivity index (χ0n) is 15.3. The molecule has 0 rings (SSSR count). The van der Waals surface area contributed by atoms with Crippen molar-refractivity contribution in [2.24, 2.45) is 0 Å². The predicted molar refractivity (Wildman–Crippen MR) is 95.6 cm³/mol. The van der Waals surface area contributed by atoms with Gasteiger partial charge in [0.05, 0.1) is 0 Å². The molecule has 0 aliphatic heterocycles. The third-order valence-corrected chi connectivity index (χ3v) is 4.20. The molecule has 0 radical (unpaired) electrons. The van der Waals surface area contributed by atoms with E-state index < -0.39 is 5.97 Å². The number of carboxylic acid groups (broad SMARTS) is 1. The van der Waals surface area contributed by atoms with Crippen LogP contribution in [0.2, 0.25) is 0 Å². The fraction of sp³-hybridized carbons (Fsp3) is 0.895. The Hall–Kier alpha value is -1.06. The zero-order valence-corrected chi connectivity index (χ0v) is 15.3. The number of carbonyl (C=O) groups excluding carboxylic acids is 1. The number of rotatable bonds is 16. The molecule has 0 aromatic carbocycles. The zero-order chi connectivity index (χ0) is 17.3. The lowest BCUT2D eigenvalue weighted by Gasteiger charge is -2.20. The van der Waals surface area contributed by atoms with Gasteiger partial charge >= 0.3 is 5.97 Å². The summed E-state index contributed by atoms with van der Waals surface area (Å²) in [5, 5.41) is 8.93. The number of aliphatic carboxylic acids is 1. The molecule has 0 saturated carbocycles. The van der Waals surface area contributed by atoms with Gasteiger partial charge in [-0.3, -0.25) is 9.59 Å². The molecule has 0 saturated heterocycles. The second kappa shape index (κ2) is 15.8. The molecular formula is C19H37NO3. The first-order valence-corrected chi connectivity index (χ1v) is 9.61. The highest BCUT2D eigenvalue weighted by Crippen LogP contribution is 2.11. The normalized spacial score (nSPS) is 10.7. The average molecular weight is 328 g/mol. The lowest BCUT2D eigenvalue weighted by molar-refractivity contribution is -0.144. The fourth-order valence-corrected chi connectivity index (χ4v) is 2.75. The van der Waals surface area contributed by atoms with Crippen molar-refractivity contribution in [2.45, 2.75) is 97.3 Å². The van der Waals surface area contributed by atoms with Crippen LogP contribution in [-0.4, -0.2) is 35.0 Å². The van der Waals surface area contributed by atoms with Crippen molar-refractivity contribution in [3.05, 3.63) is 0 Å². The average Bonchev–Trinajstić information content (AvgIpc) is 2.52. The van der Waals surface area contributed by atoms with Crippen molar-refractivity contribution < 1.29 is 14.7 Å². The van der Waals surface area contributed by atoms with Crippen molar-refractivity contribution in [1.82, 2.24) is 4.90 Å². The first-order chi connectivity index (χ1) is 11.1. The first kappa shape index (κ1) is 21.9. The summed E-state index contributed by atoms with van der Waals surface area (Å²) < 4.78 is 0. The Labute approximate surface area is 142 Å². The Bertz CT molecular complexity index is 305. The van der Waals surface area contributed by atoms with Crippen molar-refractivity contribution >= 4 is 11.9 Å². The maximum Gasteiger partial charge on any atom is 0.323 e. The van der Waals surface area contributed by atoms with Gasteiger partial charge in [-0.25, -0.2) is 0 Å². The second-order valence-corrected chi connectivity index (χ2v) is 6.49. The highest BCUT2D eigenvalue weighted by molar-refractivity contribution is 5.81. The van der Waals surface area contributed by atoms with Crippen molar-refractivity contribution in [3.8, 4) is 0 Å². The van der Waals surface area contributed by atoms with Crippen LogP contribution in [0.3, 0.4) is 0 Å². The van der Waals surface area contributed by atoms with E-state index in [0.29, 0.717) is 13.0 Å². The van der Waals surface area contributed by atoms with Gasteiger partial charge in [-0.15, -0.1) is 0 Å². The molecule has 0 aromatic heterocycles. The van der Waals surface area contributed by atoms with Gasteiger partial charge in [0.1, 0.15) is 6.54 Å². The molecule has 0 bridgehead atoms. The molecule has 0 fully saturated rings. The van der Waals surface area contributed by atoms with Gasteiger partial charge in [0.15, 0.2) is 0 Å². The summed E-state index contributed by atoms with van der Waals surface area (Å²) >= 11 is 0. The van der Waals surface area contributed by atoms with Gasteiger partial charge in [0, 0.05) is 13.0 Å². The molecule has 4 nitrogen and oxygen atoms in total. The Morgan fingerprint density at radius 1 is 0.739 bits per heavy atom. The SMILES string of the molecule is CCCCCCCCCCCC(=O)N(CCCCC)CC(=O)O. The molecule has 0 atom stereocenters. The van der Waals surface area contributed by atoms with Gasteiger partial charge < -0.3 is 10.0 Å². The number of hydrogen-bond donors (Lipinski definition) is 1. The van der Waals surface area contributed by atoms with Gasteiger partial charge in [-0.1, -0.05) is 78.1 Å². The fourth-order valence-electron chi connectivity index (χ4n) is 2.75. The quantitative estimate of drug-likeness (QED) is 0.405. The summed E-state index contributed by atoms with van der Waals surface area (Å²) in [5.41, 5.74) is 0. The smallest absolute Gasteiger partial charge is 0.323 e. The van der Waals surface area contributed by atoms with Crippen LogP contribution in [-0.2, 0) is 9.59 Å². The third kappa shape index (κ3) is 14.3. The minimum absolute atomic E-state index is 0.00597. The molecule has 1 N–H and O–H groups in total. The van der Waals surface area contributed by atoms with Crippen LogP contribution in [0.25, 0.3) is 0 Å². The number of carbonyl (C=O) groups is 2. The highest BCUT2D eigenvalue weighted by atomic mass is 16.4. The lowest BCUT2D eigenvalue weighted by Crippen LogP contribution is -2.36. The standard InChI is InChI=1S/C19H37NO3/c1-3-5-7-8-9-10-11-12-13-15-18(21)20(17-19(22)23)16-14-6-4-2/h3-17H2,1-2H3,(H,22,23). The van der Waals surface area contributed by atoms with E-state index in [1.165, 1.54) is 49.8 Å². The summed E-state index contributed by atoms with van der Waals surface area (Å²) in [6.07, 6.45) is 14.5. The lowest BCUT2D eigenvalue weighted by atomic mass is 10.1. The van der Waals surface area contributed by atoms with E-state index in [4.69, 9.17) is 5.11 Å². The van der Waals surface area contributed by atoms with E-state index in [2.05, 4.69) is 13.8 Å². The highest BCUT2D eigenvalue weighted by Gasteiger charge is 2.15. The van der Waals surface area contributed by atoms with Crippen LogP contribution >= 0.6 is 0 Å². The minimum atomic E-state index is -0.915. The van der Waals surface area contributed by atoms with E-state index in [0.717, 1.165) is 32.1 Å². The largest absolute Gasteiger partial charge is 0.480 e. The van der Waals surface area contributed by atoms with Gasteiger partial charge in [0.25, 0.3) is 0 Å². The topological polar surface area (TPSA) is 57.6 Å². The Morgan fingerprint density at radius 3 is 1.74 bits per heavy atom. The van der Waals surface area contributed by atoms with Crippen LogP contribution < -0.4 is 0 Å². The molecule has 0 unspecified atom stereocenters. The molecule has 0 aliphatic carbocycles. The van der Waals surface area contributed by atoms with Crippen LogP contribution in [0.15, 0.2) is 0 Å². The van der Waals surface area contributed by atoms with Crippen LogP contribution in [0.1, 0.15) is 97.3 Å². The predicted octanol–water partition coefficient (Wildman–Crippen LogP) is 5.01. The second-order valence-electron chi connectivity index (χ2n) is 6.49. The minimum Gasteiger partial charge on any atom is -0.480 e. The molecule has 0 spiro atoms. The number of nitrogens with zero attached hydrogens (tertiary/aromatic N) is 1. The molecule has 0 aliphatic rings. The van der Waals surface area contributed by atoms with Gasteiger partial charge in [0.2, 0.25) is 5.91 Å². The molecule has 4 heteroatoms. The van der Waals surface area contributed by atoms with E-state index in [1.807, 2.05) is 0 Å². The monoisotopic (exact) mass is 327 g/mol. The Morgan fingerprint density at radius 2 is 1.22 bits per heavy atom. The molecule has 136 valence electrons. The number of hydrogen-bond acceptors (Lipinski definition) is 2. The molecule has 23 heavy (non-hydrogen) atoms. The van der Waals surface area contributed by atoms with E-state index in [1.54, 1.807) is 0 Å². The van der Waals surface area contributed by atoms with Crippen molar-refractivity contribution in [1.29, 1.82) is 0 Å². The summed E-state index contributed by atoms with van der Waals surface area (Å²) in [4.78, 5) is 24.5. The molecule has 0 heterocycles. The number of amides is 1. The maximum atomic E-state index is 12.1. The van der Waals surface area contributed by atoms with E-state index >= 15 is 0 Å². The maximum absolute atomic E-state index is 12.1. The summed E-state index contributed by atoms with van der Waals surface area (Å²) in [6, 6.07) is 0. The van der Waals surface area contributed by atoms with E-state index in [9.17, 15) is 9.59 Å². The van der Waals surface area contributed by atoms with E-state index in [-0.39, 0.29) is 12.5 Å². The number of carboxylic acids is 1. The van der Waals surface area contributed by atoms with Gasteiger partial charge in [-0.2, -0.15) is 0 Å². The summed E-state index contributed by atoms with van der Waals surface area (Å²) in [7, 11) is 0. The Kier molecular flexibility index (Phi) is 15.1. The first-order valence-electron chi connectivity index (χ1n) is 9.61. The van der Waals surface area contributed by atoms with Crippen molar-refractivity contribution in [3.63, 3.8) is 0 Å². The third-order valence-electron chi connectivity index (χ3n) is 4.20. The van der Waals surface area contributed by atoms with Crippen LogP contribution in [0, 0.1) is 0 Å². The number of unbranched alkanes of at least 4 members (excludes halogenated alkanes) is 10. The summed E-state index contributed by atoms with van der Waals surface area (Å²) in [5.74, 6) is -0.909. The molecule has 0 aromatic rings. The molecule has 1 amide bonds. The van der Waals surface area contributed by atoms with Crippen molar-refractivity contribution in [2.75, 3.05) is 13.1 Å². The van der Waals surface area contributed by atoms with Gasteiger partial charge in [-0.05, 0) is 12.8 Å². The van der Waals surface area contributed by atoms with Crippen LogP contribution in [0.4, 0.5) is 0 Å². The Balaban J connectivity index is 3.74. The summed E-state index contributed by atoms with van der Waals surface area (Å²) in [6.45, 7) is 4.76. The van der Waals surface area contributed by atoms with Crippen LogP contribution in [0.5, 0.6) is 0 Å².